The highest BCUT2D eigenvalue weighted by atomic mass is 79.9. The number of hydrogen-bond donors (Lipinski definition) is 0. The van der Waals surface area contributed by atoms with E-state index in [0.29, 0.717) is 6.42 Å². The molecule has 0 N–H and O–H groups in total. The molecule has 1 aliphatic carbocycles. The quantitative estimate of drug-likeness (QED) is 0.547. The smallest absolute Gasteiger partial charge is 0.0966 e. The molecule has 0 aromatic heterocycles. The zero-order valence-electron chi connectivity index (χ0n) is 8.18. The first-order chi connectivity index (χ1) is 7.49. The zero-order chi connectivity index (χ0) is 11.8. The van der Waals surface area contributed by atoms with Gasteiger partial charge in [0, 0.05) is 15.4 Å². The van der Waals surface area contributed by atoms with Crippen molar-refractivity contribution in [2.45, 2.75) is 10.8 Å². The van der Waals surface area contributed by atoms with Crippen molar-refractivity contribution in [1.29, 1.82) is 0 Å². The second-order valence-corrected chi connectivity index (χ2v) is 6.81. The minimum atomic E-state index is -0.818. The van der Waals surface area contributed by atoms with Crippen molar-refractivity contribution in [1.82, 2.24) is 0 Å². The molecule has 0 atom stereocenters. The summed E-state index contributed by atoms with van der Waals surface area (Å²) in [5.74, 6) is 0. The third-order valence-electron chi connectivity index (χ3n) is 2.33. The van der Waals surface area contributed by atoms with Crippen LogP contribution in [0.5, 0.6) is 0 Å². The Labute approximate surface area is 122 Å². The standard InChI is InChI=1S/C12H8Br2Cl2/c13-10-4-2-1-3-8(10)9-7-12(15,16)6-5-11(9)14/h1-5,7H,6H2. The fraction of sp³-hybridized carbons (Fsp3) is 0.167. The Morgan fingerprint density at radius 2 is 1.81 bits per heavy atom. The summed E-state index contributed by atoms with van der Waals surface area (Å²) >= 11 is 19.3. The molecule has 0 bridgehead atoms. The van der Waals surface area contributed by atoms with Crippen molar-refractivity contribution in [2.24, 2.45) is 0 Å². The first-order valence-corrected chi connectivity index (χ1v) is 7.05. The van der Waals surface area contributed by atoms with Gasteiger partial charge in [0.1, 0.15) is 4.33 Å². The van der Waals surface area contributed by atoms with Gasteiger partial charge in [-0.3, -0.25) is 0 Å². The largest absolute Gasteiger partial charge is 0.140 e. The maximum absolute atomic E-state index is 6.14. The number of hydrogen-bond acceptors (Lipinski definition) is 0. The van der Waals surface area contributed by atoms with Crippen LogP contribution in [-0.4, -0.2) is 4.33 Å². The molecule has 0 aliphatic heterocycles. The van der Waals surface area contributed by atoms with Crippen LogP contribution in [-0.2, 0) is 0 Å². The maximum atomic E-state index is 6.14. The van der Waals surface area contributed by atoms with E-state index in [9.17, 15) is 0 Å². The van der Waals surface area contributed by atoms with Gasteiger partial charge >= 0.3 is 0 Å². The highest BCUT2D eigenvalue weighted by molar-refractivity contribution is 9.12. The Kier molecular flexibility index (Phi) is 3.85. The molecule has 84 valence electrons. The van der Waals surface area contributed by atoms with Crippen LogP contribution in [0.3, 0.4) is 0 Å². The van der Waals surface area contributed by atoms with Crippen molar-refractivity contribution < 1.29 is 0 Å². The summed E-state index contributed by atoms with van der Waals surface area (Å²) in [6, 6.07) is 7.98. The van der Waals surface area contributed by atoms with Gasteiger partial charge in [0.05, 0.1) is 0 Å². The van der Waals surface area contributed by atoms with Crippen LogP contribution < -0.4 is 0 Å². The normalized spacial score (nSPS) is 19.0. The van der Waals surface area contributed by atoms with Gasteiger partial charge in [0.25, 0.3) is 0 Å². The molecule has 0 heterocycles. The van der Waals surface area contributed by atoms with E-state index in [1.165, 1.54) is 0 Å². The number of benzene rings is 1. The van der Waals surface area contributed by atoms with Crippen molar-refractivity contribution in [3.63, 3.8) is 0 Å². The minimum Gasteiger partial charge on any atom is -0.0966 e. The Bertz CT molecular complexity index is 476. The zero-order valence-corrected chi connectivity index (χ0v) is 12.9. The summed E-state index contributed by atoms with van der Waals surface area (Å²) in [7, 11) is 0. The molecule has 0 amide bonds. The molecule has 0 fully saturated rings. The van der Waals surface area contributed by atoms with E-state index < -0.39 is 4.33 Å². The summed E-state index contributed by atoms with van der Waals surface area (Å²) in [5, 5.41) is 0. The molecule has 1 aromatic carbocycles. The van der Waals surface area contributed by atoms with E-state index in [2.05, 4.69) is 31.9 Å². The maximum Gasteiger partial charge on any atom is 0.140 e. The Morgan fingerprint density at radius 3 is 2.50 bits per heavy atom. The van der Waals surface area contributed by atoms with Gasteiger partial charge in [-0.15, -0.1) is 0 Å². The van der Waals surface area contributed by atoms with Gasteiger partial charge in [0.2, 0.25) is 0 Å². The highest BCUT2D eigenvalue weighted by Crippen LogP contribution is 2.42. The van der Waals surface area contributed by atoms with Crippen LogP contribution in [0.1, 0.15) is 12.0 Å². The monoisotopic (exact) mass is 380 g/mol. The molecular weight excluding hydrogens is 375 g/mol. The van der Waals surface area contributed by atoms with Crippen LogP contribution in [0, 0.1) is 0 Å². The first kappa shape index (κ1) is 12.7. The first-order valence-electron chi connectivity index (χ1n) is 4.71. The average molecular weight is 383 g/mol. The van der Waals surface area contributed by atoms with E-state index in [1.807, 2.05) is 36.4 Å². The Balaban J connectivity index is 2.51. The molecule has 0 radical (unpaired) electrons. The summed E-state index contributed by atoms with van der Waals surface area (Å²) in [6.45, 7) is 0. The van der Waals surface area contributed by atoms with Crippen molar-refractivity contribution >= 4 is 60.6 Å². The van der Waals surface area contributed by atoms with E-state index in [0.717, 1.165) is 20.1 Å². The van der Waals surface area contributed by atoms with Gasteiger partial charge in [-0.05, 0) is 23.3 Å². The minimum absolute atomic E-state index is 0.616. The predicted molar refractivity (Wildman–Crippen MR) is 78.2 cm³/mol. The number of allylic oxidation sites excluding steroid dienone is 4. The van der Waals surface area contributed by atoms with Crippen molar-refractivity contribution in [3.8, 4) is 0 Å². The molecule has 1 aromatic rings. The van der Waals surface area contributed by atoms with E-state index >= 15 is 0 Å². The molecule has 2 rings (SSSR count). The van der Waals surface area contributed by atoms with Crippen LogP contribution in [0.15, 0.2) is 45.4 Å². The topological polar surface area (TPSA) is 0 Å². The van der Waals surface area contributed by atoms with Gasteiger partial charge in [-0.2, -0.15) is 0 Å². The number of rotatable bonds is 1. The number of halogens is 4. The molecule has 0 nitrogen and oxygen atoms in total. The van der Waals surface area contributed by atoms with Crippen LogP contribution in [0.2, 0.25) is 0 Å². The lowest BCUT2D eigenvalue weighted by Gasteiger charge is -2.22. The summed E-state index contributed by atoms with van der Waals surface area (Å²) in [4.78, 5) is 0. The van der Waals surface area contributed by atoms with E-state index in [1.54, 1.807) is 0 Å². The molecule has 1 aliphatic rings. The van der Waals surface area contributed by atoms with Crippen LogP contribution in [0.4, 0.5) is 0 Å². The average Bonchev–Trinajstić information content (AvgIpc) is 2.23. The second kappa shape index (κ2) is 4.85. The fourth-order valence-corrected chi connectivity index (χ4v) is 2.92. The molecule has 0 saturated carbocycles. The van der Waals surface area contributed by atoms with E-state index in [4.69, 9.17) is 23.2 Å². The van der Waals surface area contributed by atoms with E-state index in [-0.39, 0.29) is 0 Å². The van der Waals surface area contributed by atoms with Crippen molar-refractivity contribution in [3.05, 3.63) is 50.9 Å². The lowest BCUT2D eigenvalue weighted by atomic mass is 9.99. The molecular formula is C12H8Br2Cl2. The Morgan fingerprint density at radius 1 is 1.12 bits per heavy atom. The summed E-state index contributed by atoms with van der Waals surface area (Å²) in [5.41, 5.74) is 2.10. The molecule has 0 spiro atoms. The lowest BCUT2D eigenvalue weighted by Crippen LogP contribution is -2.12. The predicted octanol–water partition coefficient (Wildman–Crippen LogP) is 5.69. The fourth-order valence-electron chi connectivity index (χ4n) is 1.56. The lowest BCUT2D eigenvalue weighted by molar-refractivity contribution is 0.963. The summed E-state index contributed by atoms with van der Waals surface area (Å²) in [6.07, 6.45) is 4.49. The Hall–Kier alpha value is 0.240. The van der Waals surface area contributed by atoms with Crippen LogP contribution in [0.25, 0.3) is 5.57 Å². The summed E-state index contributed by atoms with van der Waals surface area (Å²) < 4.78 is 1.23. The van der Waals surface area contributed by atoms with Gasteiger partial charge in [-0.1, -0.05) is 79.3 Å². The molecule has 4 heteroatoms. The van der Waals surface area contributed by atoms with Gasteiger partial charge in [0.15, 0.2) is 0 Å². The van der Waals surface area contributed by atoms with Crippen LogP contribution >= 0.6 is 55.1 Å². The highest BCUT2D eigenvalue weighted by Gasteiger charge is 2.26. The van der Waals surface area contributed by atoms with Crippen molar-refractivity contribution in [2.75, 3.05) is 0 Å². The third kappa shape index (κ3) is 2.73. The number of alkyl halides is 2. The van der Waals surface area contributed by atoms with Gasteiger partial charge in [-0.25, -0.2) is 0 Å². The van der Waals surface area contributed by atoms with Gasteiger partial charge < -0.3 is 0 Å². The second-order valence-electron chi connectivity index (χ2n) is 3.56. The molecule has 0 saturated heterocycles. The molecule has 0 unspecified atom stereocenters. The molecule has 16 heavy (non-hydrogen) atoms. The SMILES string of the molecule is ClC1(Cl)C=C(c2ccccc2Br)C(Br)=CC1. The third-order valence-corrected chi connectivity index (χ3v) is 4.30.